The zero-order valence-corrected chi connectivity index (χ0v) is 22.3. The van der Waals surface area contributed by atoms with E-state index in [1.54, 1.807) is 48.5 Å². The molecule has 1 heterocycles. The number of aliphatic carboxylic acids is 1. The summed E-state index contributed by atoms with van der Waals surface area (Å²) in [7, 11) is 1.45. The number of amides is 2. The van der Waals surface area contributed by atoms with Crippen LogP contribution in [-0.4, -0.2) is 57.0 Å². The van der Waals surface area contributed by atoms with Crippen molar-refractivity contribution in [3.8, 4) is 17.2 Å². The number of thiocarbonyl (C=S) groups is 1. The highest BCUT2D eigenvalue weighted by Crippen LogP contribution is 2.36. The van der Waals surface area contributed by atoms with Gasteiger partial charge in [-0.25, -0.2) is 4.79 Å². The third kappa shape index (κ3) is 6.95. The van der Waals surface area contributed by atoms with Crippen LogP contribution in [0, 0.1) is 0 Å². The normalized spacial score (nSPS) is 14.8. The number of ether oxygens (including phenoxy) is 2. The van der Waals surface area contributed by atoms with Crippen molar-refractivity contribution in [1.82, 2.24) is 4.90 Å². The van der Waals surface area contributed by atoms with Crippen LogP contribution in [0.3, 0.4) is 0 Å². The molecule has 0 saturated carbocycles. The Hall–Kier alpha value is -4.35. The van der Waals surface area contributed by atoms with Crippen molar-refractivity contribution >= 4 is 57.8 Å². The van der Waals surface area contributed by atoms with E-state index in [0.29, 0.717) is 28.3 Å². The number of methoxy groups -OCH3 is 1. The summed E-state index contributed by atoms with van der Waals surface area (Å²) in [6.07, 6.45) is 1.61. The van der Waals surface area contributed by atoms with Crippen LogP contribution < -0.4 is 14.8 Å². The van der Waals surface area contributed by atoms with Crippen molar-refractivity contribution in [2.45, 2.75) is 12.5 Å². The lowest BCUT2D eigenvalue weighted by atomic mass is 10.0. The number of nitrogens with one attached hydrogen (secondary N) is 1. The minimum absolute atomic E-state index is 0.0209. The van der Waals surface area contributed by atoms with Gasteiger partial charge in [-0.3, -0.25) is 14.5 Å². The molecule has 0 spiro atoms. The highest BCUT2D eigenvalue weighted by molar-refractivity contribution is 8.26. The molecule has 0 radical (unpaired) electrons. The number of aromatic hydroxyl groups is 1. The summed E-state index contributed by atoms with van der Waals surface area (Å²) in [6, 6.07) is 18.8. The summed E-state index contributed by atoms with van der Waals surface area (Å²) < 4.78 is 11.2. The van der Waals surface area contributed by atoms with Gasteiger partial charge in [0.25, 0.3) is 11.8 Å². The van der Waals surface area contributed by atoms with Crippen molar-refractivity contribution in [1.29, 1.82) is 0 Å². The van der Waals surface area contributed by atoms with Gasteiger partial charge in [0, 0.05) is 12.1 Å². The fraction of sp³-hybridized carbons (Fsp3) is 0.143. The van der Waals surface area contributed by atoms with Gasteiger partial charge in [-0.2, -0.15) is 0 Å². The molecule has 3 aromatic carbocycles. The molecule has 3 aromatic rings. The zero-order valence-electron chi connectivity index (χ0n) is 20.7. The maximum Gasteiger partial charge on any atom is 0.327 e. The number of hydrogen-bond donors (Lipinski definition) is 3. The maximum atomic E-state index is 13.2. The molecular weight excluding hydrogens is 540 g/mol. The van der Waals surface area contributed by atoms with Gasteiger partial charge in [-0.1, -0.05) is 60.4 Å². The van der Waals surface area contributed by atoms with E-state index in [1.165, 1.54) is 19.2 Å². The zero-order chi connectivity index (χ0) is 27.9. The van der Waals surface area contributed by atoms with E-state index in [2.05, 4.69) is 5.32 Å². The monoisotopic (exact) mass is 564 g/mol. The summed E-state index contributed by atoms with van der Waals surface area (Å²) in [6.45, 7) is -0.235. The highest BCUT2D eigenvalue weighted by Gasteiger charge is 2.40. The Bertz CT molecular complexity index is 1430. The Morgan fingerprint density at radius 2 is 1.79 bits per heavy atom. The highest BCUT2D eigenvalue weighted by atomic mass is 32.2. The fourth-order valence-electron chi connectivity index (χ4n) is 3.80. The molecule has 11 heteroatoms. The standard InChI is InChI=1S/C28H24N2O7S2/c1-36-23-14-18(9-12-22(23)37-16-25(32)29-19-5-3-2-4-6-19)15-24-26(33)30(28(38)39-24)21(27(34)35)13-17-7-10-20(31)11-8-17/h2-12,14-15,21,31H,13,16H2,1H3,(H,29,32)(H,34,35)/b24-15+/t21-/m0/s1. The summed E-state index contributed by atoms with van der Waals surface area (Å²) >= 11 is 6.37. The van der Waals surface area contributed by atoms with E-state index in [1.807, 2.05) is 18.2 Å². The molecule has 4 rings (SSSR count). The predicted molar refractivity (Wildman–Crippen MR) is 152 cm³/mol. The van der Waals surface area contributed by atoms with Crippen LogP contribution in [0.25, 0.3) is 6.08 Å². The Labute approximate surface area is 234 Å². The Morgan fingerprint density at radius 1 is 1.08 bits per heavy atom. The number of carboxylic acid groups (broad SMARTS) is 1. The van der Waals surface area contributed by atoms with E-state index in [-0.39, 0.29) is 33.9 Å². The molecule has 200 valence electrons. The molecule has 1 fully saturated rings. The quantitative estimate of drug-likeness (QED) is 0.244. The van der Waals surface area contributed by atoms with E-state index in [9.17, 15) is 24.6 Å². The van der Waals surface area contributed by atoms with Gasteiger partial charge >= 0.3 is 5.97 Å². The number of carboxylic acids is 1. The van der Waals surface area contributed by atoms with Crippen LogP contribution in [-0.2, 0) is 20.8 Å². The second kappa shape index (κ2) is 12.5. The van der Waals surface area contributed by atoms with Gasteiger partial charge in [0.15, 0.2) is 18.1 Å². The number of rotatable bonds is 10. The number of anilines is 1. The first-order valence-corrected chi connectivity index (χ1v) is 12.9. The number of hydrogen-bond acceptors (Lipinski definition) is 8. The predicted octanol–water partition coefficient (Wildman–Crippen LogP) is 4.32. The first-order valence-electron chi connectivity index (χ1n) is 11.7. The average molecular weight is 565 g/mol. The molecule has 0 aliphatic carbocycles. The second-order valence-electron chi connectivity index (χ2n) is 8.39. The van der Waals surface area contributed by atoms with Crippen LogP contribution in [0.15, 0.2) is 77.7 Å². The molecule has 1 atom stereocenters. The van der Waals surface area contributed by atoms with Gasteiger partial charge in [-0.15, -0.1) is 0 Å². The number of thioether (sulfide) groups is 1. The Morgan fingerprint density at radius 3 is 2.46 bits per heavy atom. The van der Waals surface area contributed by atoms with Gasteiger partial charge in [0.2, 0.25) is 0 Å². The first-order chi connectivity index (χ1) is 18.7. The molecule has 9 nitrogen and oxygen atoms in total. The number of phenols is 1. The van der Waals surface area contributed by atoms with Gasteiger partial charge < -0.3 is 25.0 Å². The van der Waals surface area contributed by atoms with Gasteiger partial charge in [0.05, 0.1) is 12.0 Å². The number of phenolic OH excluding ortho intramolecular Hbond substituents is 1. The molecule has 0 bridgehead atoms. The molecule has 2 amide bonds. The minimum Gasteiger partial charge on any atom is -0.508 e. The smallest absolute Gasteiger partial charge is 0.327 e. The van der Waals surface area contributed by atoms with Crippen LogP contribution in [0.1, 0.15) is 11.1 Å². The molecule has 0 unspecified atom stereocenters. The van der Waals surface area contributed by atoms with Crippen molar-refractivity contribution in [3.05, 3.63) is 88.8 Å². The summed E-state index contributed by atoms with van der Waals surface area (Å²) in [5.41, 5.74) is 1.88. The number of nitrogens with zero attached hydrogens (tertiary/aromatic N) is 1. The van der Waals surface area contributed by atoms with Gasteiger partial charge in [0.1, 0.15) is 16.1 Å². The fourth-order valence-corrected chi connectivity index (χ4v) is 5.16. The lowest BCUT2D eigenvalue weighted by Gasteiger charge is -2.23. The van der Waals surface area contributed by atoms with Gasteiger partial charge in [-0.05, 0) is 53.6 Å². The SMILES string of the molecule is COc1cc(/C=C2/SC(=S)N([C@@H](Cc3ccc(O)cc3)C(=O)O)C2=O)ccc1OCC(=O)Nc1ccccc1. The minimum atomic E-state index is -1.21. The molecule has 3 N–H and O–H groups in total. The molecule has 1 saturated heterocycles. The van der Waals surface area contributed by atoms with Crippen molar-refractivity contribution < 1.29 is 34.1 Å². The lowest BCUT2D eigenvalue weighted by Crippen LogP contribution is -2.45. The van der Waals surface area contributed by atoms with Crippen LogP contribution >= 0.6 is 24.0 Å². The second-order valence-corrected chi connectivity index (χ2v) is 10.1. The average Bonchev–Trinajstić information content (AvgIpc) is 3.19. The van der Waals surface area contributed by atoms with Crippen molar-refractivity contribution in [2.75, 3.05) is 19.0 Å². The topological polar surface area (TPSA) is 125 Å². The molecule has 0 aromatic heterocycles. The molecule has 1 aliphatic rings. The third-order valence-electron chi connectivity index (χ3n) is 5.69. The van der Waals surface area contributed by atoms with E-state index < -0.39 is 17.9 Å². The first kappa shape index (κ1) is 27.7. The number of carbonyl (C=O) groups excluding carboxylic acids is 2. The maximum absolute atomic E-state index is 13.2. The van der Waals surface area contributed by atoms with E-state index in [4.69, 9.17) is 21.7 Å². The number of para-hydroxylation sites is 1. The third-order valence-corrected chi connectivity index (χ3v) is 7.02. The van der Waals surface area contributed by atoms with E-state index >= 15 is 0 Å². The molecule has 1 aliphatic heterocycles. The summed E-state index contributed by atoms with van der Waals surface area (Å²) in [5.74, 6) is -1.31. The Kier molecular flexibility index (Phi) is 8.84. The number of carbonyl (C=O) groups is 3. The van der Waals surface area contributed by atoms with Crippen LogP contribution in [0.4, 0.5) is 5.69 Å². The van der Waals surface area contributed by atoms with Crippen molar-refractivity contribution in [2.24, 2.45) is 0 Å². The largest absolute Gasteiger partial charge is 0.508 e. The molecular formula is C28H24N2O7S2. The summed E-state index contributed by atoms with van der Waals surface area (Å²) in [5, 5.41) is 22.1. The van der Waals surface area contributed by atoms with Crippen molar-refractivity contribution in [3.63, 3.8) is 0 Å². The Balaban J connectivity index is 1.46. The lowest BCUT2D eigenvalue weighted by molar-refractivity contribution is -0.145. The number of benzene rings is 3. The van der Waals surface area contributed by atoms with E-state index in [0.717, 1.165) is 16.7 Å². The van der Waals surface area contributed by atoms with Crippen LogP contribution in [0.2, 0.25) is 0 Å². The summed E-state index contributed by atoms with van der Waals surface area (Å²) in [4.78, 5) is 38.8. The van der Waals surface area contributed by atoms with Crippen LogP contribution in [0.5, 0.6) is 17.2 Å². The molecule has 39 heavy (non-hydrogen) atoms.